The first-order valence-electron chi connectivity index (χ1n) is 5.41. The second-order valence-corrected chi connectivity index (χ2v) is 6.26. The lowest BCUT2D eigenvalue weighted by Gasteiger charge is -2.14. The Hall–Kier alpha value is -0.850. The van der Waals surface area contributed by atoms with E-state index in [0.29, 0.717) is 30.4 Å². The third-order valence-electron chi connectivity index (χ3n) is 2.96. The summed E-state index contributed by atoms with van der Waals surface area (Å²) in [6.07, 6.45) is 2.45. The van der Waals surface area contributed by atoms with Crippen molar-refractivity contribution in [3.8, 4) is 0 Å². The van der Waals surface area contributed by atoms with Crippen LogP contribution in [0.15, 0.2) is 17.2 Å². The number of hydrogen-bond acceptors (Lipinski definition) is 3. The summed E-state index contributed by atoms with van der Waals surface area (Å²) in [5.74, 6) is 0.447. The number of rotatable bonds is 3. The van der Waals surface area contributed by atoms with Gasteiger partial charge in [-0.15, -0.1) is 0 Å². The molecule has 1 aliphatic rings. The van der Waals surface area contributed by atoms with Gasteiger partial charge >= 0.3 is 0 Å². The fourth-order valence-corrected chi connectivity index (χ4v) is 3.54. The Morgan fingerprint density at radius 3 is 2.88 bits per heavy atom. The average Bonchev–Trinajstić information content (AvgIpc) is 2.85. The summed E-state index contributed by atoms with van der Waals surface area (Å²) in [5.41, 5.74) is 6.18. The lowest BCUT2D eigenvalue weighted by molar-refractivity contribution is 0.464. The predicted molar refractivity (Wildman–Crippen MR) is 61.2 cm³/mol. The molecule has 2 heterocycles. The van der Waals surface area contributed by atoms with Crippen LogP contribution in [0.1, 0.15) is 19.0 Å². The molecule has 0 aliphatic carbocycles. The van der Waals surface area contributed by atoms with Crippen molar-refractivity contribution >= 4 is 10.0 Å². The fraction of sp³-hybridized carbons (Fsp3) is 0.600. The molecular formula is C10H17N3O2S. The van der Waals surface area contributed by atoms with Crippen molar-refractivity contribution in [3.63, 3.8) is 0 Å². The van der Waals surface area contributed by atoms with Crippen molar-refractivity contribution in [2.45, 2.75) is 24.8 Å². The van der Waals surface area contributed by atoms with Gasteiger partial charge in [-0.05, 0) is 18.4 Å². The van der Waals surface area contributed by atoms with Crippen LogP contribution in [0.4, 0.5) is 0 Å². The molecule has 0 spiro atoms. The van der Waals surface area contributed by atoms with Gasteiger partial charge < -0.3 is 10.7 Å². The first kappa shape index (κ1) is 11.6. The summed E-state index contributed by atoms with van der Waals surface area (Å²) in [4.78, 5) is 3.19. The van der Waals surface area contributed by atoms with E-state index < -0.39 is 10.0 Å². The Morgan fingerprint density at radius 1 is 1.62 bits per heavy atom. The van der Waals surface area contributed by atoms with Crippen LogP contribution in [-0.2, 0) is 16.6 Å². The molecule has 0 radical (unpaired) electrons. The molecule has 1 aromatic heterocycles. The molecule has 6 heteroatoms. The quantitative estimate of drug-likeness (QED) is 0.811. The molecule has 0 saturated carbocycles. The van der Waals surface area contributed by atoms with E-state index in [0.717, 1.165) is 12.1 Å². The van der Waals surface area contributed by atoms with Gasteiger partial charge in [0.1, 0.15) is 0 Å². The van der Waals surface area contributed by atoms with Gasteiger partial charge in [0.05, 0.1) is 4.90 Å². The number of aromatic nitrogens is 1. The van der Waals surface area contributed by atoms with Crippen LogP contribution in [-0.4, -0.2) is 30.8 Å². The highest BCUT2D eigenvalue weighted by Gasteiger charge is 2.31. The first-order valence-corrected chi connectivity index (χ1v) is 6.85. The van der Waals surface area contributed by atoms with E-state index in [1.165, 1.54) is 6.20 Å². The fourth-order valence-electron chi connectivity index (χ4n) is 1.95. The maximum Gasteiger partial charge on any atom is 0.244 e. The minimum Gasteiger partial charge on any atom is -0.363 e. The Bertz CT molecular complexity index is 466. The second-order valence-electron chi connectivity index (χ2n) is 4.32. The minimum atomic E-state index is -3.31. The molecule has 1 aromatic rings. The maximum absolute atomic E-state index is 12.2. The molecule has 1 aliphatic heterocycles. The Kier molecular flexibility index (Phi) is 3.05. The number of nitrogens with one attached hydrogen (secondary N) is 1. The molecule has 90 valence electrons. The van der Waals surface area contributed by atoms with Crippen molar-refractivity contribution in [3.05, 3.63) is 18.0 Å². The molecule has 2 rings (SSSR count). The minimum absolute atomic E-state index is 0.321. The number of hydrogen-bond donors (Lipinski definition) is 2. The van der Waals surface area contributed by atoms with Crippen molar-refractivity contribution in [2.24, 2.45) is 11.7 Å². The third-order valence-corrected chi connectivity index (χ3v) is 4.80. The van der Waals surface area contributed by atoms with Crippen molar-refractivity contribution in [2.75, 3.05) is 13.1 Å². The molecular weight excluding hydrogens is 226 g/mol. The van der Waals surface area contributed by atoms with Crippen LogP contribution in [0.2, 0.25) is 0 Å². The highest BCUT2D eigenvalue weighted by molar-refractivity contribution is 7.89. The Labute approximate surface area is 95.7 Å². The summed E-state index contributed by atoms with van der Waals surface area (Å²) >= 11 is 0. The second kappa shape index (κ2) is 4.20. The lowest BCUT2D eigenvalue weighted by atomic mass is 10.2. The van der Waals surface area contributed by atoms with E-state index >= 15 is 0 Å². The van der Waals surface area contributed by atoms with Crippen molar-refractivity contribution in [1.29, 1.82) is 0 Å². The van der Waals surface area contributed by atoms with Gasteiger partial charge in [-0.3, -0.25) is 0 Å². The summed E-state index contributed by atoms with van der Waals surface area (Å²) in [6.45, 7) is 3.63. The number of H-pyrrole nitrogens is 1. The first-order chi connectivity index (χ1) is 7.54. The average molecular weight is 243 g/mol. The van der Waals surface area contributed by atoms with Gasteiger partial charge in [-0.2, -0.15) is 4.31 Å². The zero-order valence-electron chi connectivity index (χ0n) is 9.31. The van der Waals surface area contributed by atoms with E-state index in [1.54, 1.807) is 10.4 Å². The number of nitrogens with zero attached hydrogens (tertiary/aromatic N) is 1. The van der Waals surface area contributed by atoms with Crippen LogP contribution in [0.5, 0.6) is 0 Å². The summed E-state index contributed by atoms with van der Waals surface area (Å²) in [5, 5.41) is 0. The molecule has 1 atom stereocenters. The van der Waals surface area contributed by atoms with Crippen LogP contribution in [0.3, 0.4) is 0 Å². The molecule has 1 saturated heterocycles. The standard InChI is InChI=1S/C10H17N3O2S/c1-8-2-3-13(7-8)16(14,15)10-4-9(5-11)12-6-10/h4,6,8,12H,2-3,5,7,11H2,1H3. The van der Waals surface area contributed by atoms with E-state index in [4.69, 9.17) is 5.73 Å². The van der Waals surface area contributed by atoms with Crippen molar-refractivity contribution < 1.29 is 8.42 Å². The van der Waals surface area contributed by atoms with Crippen LogP contribution in [0, 0.1) is 5.92 Å². The Morgan fingerprint density at radius 2 is 2.38 bits per heavy atom. The predicted octanol–water partition coefficient (Wildman–Crippen LogP) is 0.504. The highest BCUT2D eigenvalue weighted by Crippen LogP contribution is 2.24. The molecule has 1 fully saturated rings. The van der Waals surface area contributed by atoms with Crippen LogP contribution < -0.4 is 5.73 Å². The molecule has 1 unspecified atom stereocenters. The van der Waals surface area contributed by atoms with E-state index in [1.807, 2.05) is 0 Å². The third kappa shape index (κ3) is 2.00. The zero-order valence-corrected chi connectivity index (χ0v) is 10.1. The van der Waals surface area contributed by atoms with Gasteiger partial charge in [0, 0.05) is 31.5 Å². The summed E-state index contributed by atoms with van der Waals surface area (Å²) < 4.78 is 25.9. The molecule has 0 aromatic carbocycles. The highest BCUT2D eigenvalue weighted by atomic mass is 32.2. The number of nitrogens with two attached hydrogens (primary N) is 1. The van der Waals surface area contributed by atoms with Gasteiger partial charge in [0.2, 0.25) is 10.0 Å². The maximum atomic E-state index is 12.2. The summed E-state index contributed by atoms with van der Waals surface area (Å²) in [6, 6.07) is 1.61. The van der Waals surface area contributed by atoms with E-state index in [2.05, 4.69) is 11.9 Å². The van der Waals surface area contributed by atoms with Gasteiger partial charge in [-0.1, -0.05) is 6.92 Å². The number of sulfonamides is 1. The largest absolute Gasteiger partial charge is 0.363 e. The van der Waals surface area contributed by atoms with Crippen LogP contribution >= 0.6 is 0 Å². The Balaban J connectivity index is 2.25. The van der Waals surface area contributed by atoms with Gasteiger partial charge in [0.15, 0.2) is 0 Å². The van der Waals surface area contributed by atoms with Gasteiger partial charge in [0.25, 0.3) is 0 Å². The van der Waals surface area contributed by atoms with Crippen molar-refractivity contribution in [1.82, 2.24) is 9.29 Å². The van der Waals surface area contributed by atoms with Crippen LogP contribution in [0.25, 0.3) is 0 Å². The SMILES string of the molecule is CC1CCN(S(=O)(=O)c2c[nH]c(CN)c2)C1. The molecule has 16 heavy (non-hydrogen) atoms. The molecule has 0 bridgehead atoms. The smallest absolute Gasteiger partial charge is 0.244 e. The zero-order chi connectivity index (χ0) is 11.8. The lowest BCUT2D eigenvalue weighted by Crippen LogP contribution is -2.28. The molecule has 0 amide bonds. The molecule has 3 N–H and O–H groups in total. The number of aromatic amines is 1. The van der Waals surface area contributed by atoms with E-state index in [-0.39, 0.29) is 0 Å². The molecule has 5 nitrogen and oxygen atoms in total. The normalized spacial score (nSPS) is 22.8. The topological polar surface area (TPSA) is 79.2 Å². The summed E-state index contributed by atoms with van der Waals surface area (Å²) in [7, 11) is -3.31. The van der Waals surface area contributed by atoms with E-state index in [9.17, 15) is 8.42 Å². The van der Waals surface area contributed by atoms with Gasteiger partial charge in [-0.25, -0.2) is 8.42 Å². The monoisotopic (exact) mass is 243 g/mol.